The van der Waals surface area contributed by atoms with Crippen LogP contribution >= 0.6 is 0 Å². The molecule has 0 aromatic heterocycles. The Hall–Kier alpha value is -0.320. The summed E-state index contributed by atoms with van der Waals surface area (Å²) in [6.07, 6.45) is 126. The molecule has 0 spiro atoms. The fraction of sp³-hybridized carbons (Fsp3) is 1.00. The van der Waals surface area contributed by atoms with Crippen molar-refractivity contribution in [3.8, 4) is 0 Å². The van der Waals surface area contributed by atoms with Crippen LogP contribution in [0.2, 0.25) is 0 Å². The van der Waals surface area contributed by atoms with Crippen molar-refractivity contribution in [2.24, 2.45) is 142 Å². The lowest BCUT2D eigenvalue weighted by molar-refractivity contribution is 0.0133. The normalized spacial score (nSPS) is 37.7. The van der Waals surface area contributed by atoms with Crippen molar-refractivity contribution in [3.63, 3.8) is 0 Å². The third-order valence-electron chi connectivity index (χ3n) is 44.1. The standard InChI is InChI=1S/C19H36O.2C18H34O.2C17H32O.2C16H30O.C15H28O/c1-3-5-6-7-16-8-10-17(11-9-16)18-12-14-19(15-13-18)20-4-2;1-3-4-5-6-15-7-9-16(10-8-15)17-11-13-18(19-2)14-12-17;1-3-5-6-15-7-9-16(10-8-15)17-11-13-18(14-12-17)19-4-2;1-3-4-5-14-6-8-15(9-7-14)16-10-12-17(18-2)13-11-16;1-3-5-14-6-8-15(9-7-14)16-10-12-17(13-11-16)18-4-2;1-3-4-13-5-7-14(8-6-13)15-9-11-16(17-2)12-10-15;1-3-13-5-7-14(8-6-13)15-9-11-16(12-10-15)17-4-2;1-3-12-4-6-13(7-5-12)14-8-10-15(16-2)11-9-14/h16-19H,3-15H2,1-2H3;2*15-18H,3-14H2,1-2H3;2*14-17H,3-13H2,1-2H3;2*13-16H,3-12H2,1-2H3;12-15H,3-11H2,1-2H3. The summed E-state index contributed by atoms with van der Waals surface area (Å²) in [5, 5.41) is 0. The van der Waals surface area contributed by atoms with Crippen LogP contribution in [0.1, 0.15) is 622 Å². The largest absolute Gasteiger partial charge is 0.381 e. The average Bonchev–Trinajstić information content (AvgIpc) is 0.881. The van der Waals surface area contributed by atoms with E-state index in [-0.39, 0.29) is 0 Å². The Bertz CT molecular complexity index is 2740. The Balaban J connectivity index is 0.000000183. The zero-order chi connectivity index (χ0) is 102. The van der Waals surface area contributed by atoms with Crippen molar-refractivity contribution in [2.75, 3.05) is 54.9 Å². The predicted molar refractivity (Wildman–Crippen MR) is 622 cm³/mol. The van der Waals surface area contributed by atoms with Crippen LogP contribution in [0.25, 0.3) is 0 Å². The van der Waals surface area contributed by atoms with Crippen LogP contribution in [0.3, 0.4) is 0 Å². The molecule has 0 amide bonds. The molecular formula is C136H256O8. The summed E-state index contributed by atoms with van der Waals surface area (Å²) in [4.78, 5) is 0. The summed E-state index contributed by atoms with van der Waals surface area (Å²) in [6, 6.07) is 0. The Labute approximate surface area is 900 Å². The fourth-order valence-electron chi connectivity index (χ4n) is 34.0. The van der Waals surface area contributed by atoms with Gasteiger partial charge in [-0.1, -0.05) is 287 Å². The minimum Gasteiger partial charge on any atom is -0.381 e. The van der Waals surface area contributed by atoms with Gasteiger partial charge in [-0.3, -0.25) is 0 Å². The summed E-state index contributed by atoms with van der Waals surface area (Å²) >= 11 is 0. The van der Waals surface area contributed by atoms with Crippen molar-refractivity contribution < 1.29 is 37.9 Å². The first-order valence-electron chi connectivity index (χ1n) is 67.2. The summed E-state index contributed by atoms with van der Waals surface area (Å²) in [6.45, 7) is 30.8. The van der Waals surface area contributed by atoms with E-state index in [4.69, 9.17) is 37.9 Å². The number of hydrogen-bond donors (Lipinski definition) is 0. The first kappa shape index (κ1) is 127. The molecule has 8 nitrogen and oxygen atoms in total. The molecule has 0 heterocycles. The molecule has 0 aromatic carbocycles. The van der Waals surface area contributed by atoms with E-state index in [0.717, 1.165) is 168 Å². The molecule has 0 aliphatic heterocycles. The molecule has 16 fully saturated rings. The molecular weight excluding hydrogens is 1760 g/mol. The maximum absolute atomic E-state index is 5.79. The van der Waals surface area contributed by atoms with Crippen molar-refractivity contribution in [2.45, 2.75) is 671 Å². The van der Waals surface area contributed by atoms with Gasteiger partial charge in [-0.25, -0.2) is 0 Å². The zero-order valence-corrected chi connectivity index (χ0v) is 100.0. The van der Waals surface area contributed by atoms with E-state index in [1.807, 2.05) is 28.4 Å². The quantitative estimate of drug-likeness (QED) is 0.0562. The van der Waals surface area contributed by atoms with Gasteiger partial charge in [0.2, 0.25) is 0 Å². The van der Waals surface area contributed by atoms with Crippen LogP contribution < -0.4 is 0 Å². The lowest BCUT2D eigenvalue weighted by atomic mass is 9.70. The molecule has 0 saturated heterocycles. The lowest BCUT2D eigenvalue weighted by Crippen LogP contribution is -2.28. The van der Waals surface area contributed by atoms with Gasteiger partial charge < -0.3 is 37.9 Å². The second-order valence-electron chi connectivity index (χ2n) is 53.0. The molecule has 0 bridgehead atoms. The molecule has 16 aliphatic carbocycles. The first-order chi connectivity index (χ1) is 70.6. The molecule has 0 aromatic rings. The van der Waals surface area contributed by atoms with Gasteiger partial charge in [0.1, 0.15) is 0 Å². The van der Waals surface area contributed by atoms with Gasteiger partial charge in [0, 0.05) is 54.9 Å². The number of rotatable bonds is 40. The highest BCUT2D eigenvalue weighted by Crippen LogP contribution is 2.51. The first-order valence-corrected chi connectivity index (χ1v) is 67.2. The third-order valence-corrected chi connectivity index (χ3v) is 44.1. The van der Waals surface area contributed by atoms with Crippen LogP contribution in [0.15, 0.2) is 0 Å². The highest BCUT2D eigenvalue weighted by Gasteiger charge is 2.40. The summed E-state index contributed by atoms with van der Waals surface area (Å²) < 4.78 is 45.0. The van der Waals surface area contributed by atoms with Gasteiger partial charge >= 0.3 is 0 Å². The van der Waals surface area contributed by atoms with Gasteiger partial charge in [0.25, 0.3) is 0 Å². The molecule has 16 rings (SSSR count). The van der Waals surface area contributed by atoms with Gasteiger partial charge in [0.15, 0.2) is 0 Å². The van der Waals surface area contributed by atoms with Crippen LogP contribution in [-0.2, 0) is 37.9 Å². The molecule has 8 heteroatoms. The molecule has 848 valence electrons. The van der Waals surface area contributed by atoms with Gasteiger partial charge in [-0.05, 0) is 478 Å². The van der Waals surface area contributed by atoms with Crippen molar-refractivity contribution >= 4 is 0 Å². The average molecular weight is 2020 g/mol. The van der Waals surface area contributed by atoms with Crippen molar-refractivity contribution in [1.29, 1.82) is 0 Å². The van der Waals surface area contributed by atoms with Crippen molar-refractivity contribution in [3.05, 3.63) is 0 Å². The van der Waals surface area contributed by atoms with E-state index >= 15 is 0 Å². The number of hydrogen-bond acceptors (Lipinski definition) is 8. The van der Waals surface area contributed by atoms with Crippen LogP contribution in [-0.4, -0.2) is 104 Å². The SMILES string of the molecule is CCC1CCC(C2CCC(OC)CC2)CC1.CCCC1CCC(C2CCC(OC)CC2)CC1.CCCC1CCC(C2CCC(OCC)CC2)CC1.CCCCC1CCC(C2CCC(OC)CC2)CC1.CCCCC1CCC(C2CCC(OCC)CC2)CC1.CCCCCC1CCC(C2CCC(OC)CC2)CC1.CCCCCC1CCC(C2CCC(OCC)CC2)CC1.CCOC1CCC(C2CCC(CC)CC2)CC1. The highest BCUT2D eigenvalue weighted by atomic mass is 16.5. The highest BCUT2D eigenvalue weighted by molar-refractivity contribution is 4.92. The molecule has 0 atom stereocenters. The van der Waals surface area contributed by atoms with E-state index in [0.29, 0.717) is 48.8 Å². The van der Waals surface area contributed by atoms with E-state index in [2.05, 4.69) is 83.1 Å². The van der Waals surface area contributed by atoms with E-state index in [1.54, 1.807) is 0 Å². The zero-order valence-electron chi connectivity index (χ0n) is 100.0. The summed E-state index contributed by atoms with van der Waals surface area (Å²) in [5.41, 5.74) is 0. The summed E-state index contributed by atoms with van der Waals surface area (Å²) in [7, 11) is 7.51. The molecule has 16 saturated carbocycles. The van der Waals surface area contributed by atoms with Crippen molar-refractivity contribution in [1.82, 2.24) is 0 Å². The molecule has 16 aliphatic rings. The second kappa shape index (κ2) is 78.0. The second-order valence-corrected chi connectivity index (χ2v) is 53.0. The molecule has 144 heavy (non-hydrogen) atoms. The lowest BCUT2D eigenvalue weighted by Gasteiger charge is -2.37. The Kier molecular flexibility index (Phi) is 68.8. The van der Waals surface area contributed by atoms with Gasteiger partial charge in [-0.15, -0.1) is 0 Å². The fourth-order valence-corrected chi connectivity index (χ4v) is 34.0. The van der Waals surface area contributed by atoms with Gasteiger partial charge in [-0.2, -0.15) is 0 Å². The Morgan fingerprint density at radius 2 is 0.257 bits per heavy atom. The minimum absolute atomic E-state index is 0.571. The van der Waals surface area contributed by atoms with Crippen LogP contribution in [0.4, 0.5) is 0 Å². The molecule has 0 radical (unpaired) electrons. The minimum atomic E-state index is 0.571. The maximum atomic E-state index is 5.79. The third kappa shape index (κ3) is 48.8. The van der Waals surface area contributed by atoms with Crippen LogP contribution in [0, 0.1) is 142 Å². The number of methoxy groups -OCH3 is 4. The Morgan fingerprint density at radius 3 is 0.389 bits per heavy atom. The number of unbranched alkanes of at least 4 members (excludes halogenated alkanes) is 6. The van der Waals surface area contributed by atoms with Crippen LogP contribution in [0.5, 0.6) is 0 Å². The molecule has 0 unspecified atom stereocenters. The topological polar surface area (TPSA) is 73.8 Å². The van der Waals surface area contributed by atoms with E-state index in [9.17, 15) is 0 Å². The monoisotopic (exact) mass is 2020 g/mol. The molecule has 0 N–H and O–H groups in total. The predicted octanol–water partition coefficient (Wildman–Crippen LogP) is 41.5. The Morgan fingerprint density at radius 1 is 0.125 bits per heavy atom. The summed E-state index contributed by atoms with van der Waals surface area (Å²) in [5.74, 6) is 25.2. The maximum Gasteiger partial charge on any atom is 0.0575 e. The number of ether oxygens (including phenoxy) is 8. The van der Waals surface area contributed by atoms with E-state index in [1.165, 1.54) is 539 Å². The van der Waals surface area contributed by atoms with E-state index < -0.39 is 0 Å². The van der Waals surface area contributed by atoms with Gasteiger partial charge in [0.05, 0.1) is 48.8 Å². The smallest absolute Gasteiger partial charge is 0.0575 e.